The van der Waals surface area contributed by atoms with Gasteiger partial charge in [-0.05, 0) is 28.2 Å². The maximum Gasteiger partial charge on any atom is 0.413 e. The van der Waals surface area contributed by atoms with Crippen molar-refractivity contribution in [3.05, 3.63) is 70.7 Å². The van der Waals surface area contributed by atoms with E-state index in [-0.39, 0.29) is 34.9 Å². The van der Waals surface area contributed by atoms with Gasteiger partial charge >= 0.3 is 12.1 Å². The van der Waals surface area contributed by atoms with Gasteiger partial charge in [-0.1, -0.05) is 73.7 Å². The highest BCUT2D eigenvalue weighted by Gasteiger charge is 2.29. The molecule has 34 heavy (non-hydrogen) atoms. The molecule has 8 nitrogen and oxygen atoms in total. The molecule has 0 aliphatic heterocycles. The molecule has 1 aliphatic carbocycles. The molecule has 1 aliphatic rings. The Bertz CT molecular complexity index is 1180. The maximum absolute atomic E-state index is 12.5. The van der Waals surface area contributed by atoms with Crippen molar-refractivity contribution in [1.29, 1.82) is 0 Å². The van der Waals surface area contributed by atoms with Crippen molar-refractivity contribution in [2.45, 2.75) is 32.2 Å². The largest absolute Gasteiger partial charge is 0.481 e. The van der Waals surface area contributed by atoms with E-state index in [1.54, 1.807) is 0 Å². The zero-order valence-corrected chi connectivity index (χ0v) is 19.6. The SMILES string of the molecule is CC(C)[C@H](CC(=O)O)NC(=O)c1cnc(NC(=O)OCC2c3ccccc3-c3ccccc32)s1. The third-order valence-corrected chi connectivity index (χ3v) is 6.71. The van der Waals surface area contributed by atoms with Gasteiger partial charge in [-0.25, -0.2) is 9.78 Å². The second kappa shape index (κ2) is 10.0. The van der Waals surface area contributed by atoms with E-state index >= 15 is 0 Å². The molecule has 2 amide bonds. The minimum Gasteiger partial charge on any atom is -0.481 e. The predicted octanol–water partition coefficient (Wildman–Crippen LogP) is 4.73. The molecule has 3 aromatic rings. The van der Waals surface area contributed by atoms with Gasteiger partial charge in [0, 0.05) is 12.0 Å². The fraction of sp³-hybridized carbons (Fsp3) is 0.280. The molecule has 0 saturated heterocycles. The lowest BCUT2D eigenvalue weighted by molar-refractivity contribution is -0.137. The number of carbonyl (C=O) groups is 3. The standard InChI is InChI=1S/C25H25N3O5S/c1-14(2)20(11-22(29)30)27-23(31)21-12-26-24(34-21)28-25(32)33-13-19-17-9-5-3-7-15(17)16-8-4-6-10-18(16)19/h3-10,12,14,19-20H,11,13H2,1-2H3,(H,27,31)(H,29,30)(H,26,28,32)/t20-/m0/s1. The molecule has 2 aromatic carbocycles. The van der Waals surface area contributed by atoms with E-state index in [0.29, 0.717) is 0 Å². The number of thiazole rings is 1. The van der Waals surface area contributed by atoms with Gasteiger partial charge in [0.25, 0.3) is 5.91 Å². The van der Waals surface area contributed by atoms with Gasteiger partial charge in [-0.3, -0.25) is 14.9 Å². The number of carboxylic acid groups (broad SMARTS) is 1. The first-order valence-corrected chi connectivity index (χ1v) is 11.8. The number of ether oxygens (including phenoxy) is 1. The molecule has 1 heterocycles. The highest BCUT2D eigenvalue weighted by molar-refractivity contribution is 7.17. The summed E-state index contributed by atoms with van der Waals surface area (Å²) in [4.78, 5) is 40.3. The van der Waals surface area contributed by atoms with Crippen molar-refractivity contribution in [2.24, 2.45) is 5.92 Å². The summed E-state index contributed by atoms with van der Waals surface area (Å²) in [5, 5.41) is 14.5. The quantitative estimate of drug-likeness (QED) is 0.430. The monoisotopic (exact) mass is 479 g/mol. The second-order valence-electron chi connectivity index (χ2n) is 8.40. The number of carboxylic acids is 1. The van der Waals surface area contributed by atoms with Crippen LogP contribution in [0.1, 0.15) is 47.0 Å². The van der Waals surface area contributed by atoms with Gasteiger partial charge < -0.3 is 15.2 Å². The second-order valence-corrected chi connectivity index (χ2v) is 9.43. The average molecular weight is 480 g/mol. The lowest BCUT2D eigenvalue weighted by atomic mass is 9.98. The van der Waals surface area contributed by atoms with Crippen LogP contribution in [0.15, 0.2) is 54.7 Å². The van der Waals surface area contributed by atoms with Crippen LogP contribution >= 0.6 is 11.3 Å². The third kappa shape index (κ3) is 5.09. The van der Waals surface area contributed by atoms with Gasteiger partial charge in [0.2, 0.25) is 0 Å². The Morgan fingerprint density at radius 2 is 1.68 bits per heavy atom. The van der Waals surface area contributed by atoms with Crippen LogP contribution in [0.3, 0.4) is 0 Å². The van der Waals surface area contributed by atoms with Crippen LogP contribution in [0.5, 0.6) is 0 Å². The summed E-state index contributed by atoms with van der Waals surface area (Å²) in [6, 6.07) is 15.6. The zero-order chi connectivity index (χ0) is 24.2. The summed E-state index contributed by atoms with van der Waals surface area (Å²) < 4.78 is 5.50. The molecule has 0 saturated carbocycles. The fourth-order valence-electron chi connectivity index (χ4n) is 4.04. The molecule has 9 heteroatoms. The molecule has 0 radical (unpaired) electrons. The molecule has 0 spiro atoms. The molecule has 0 fully saturated rings. The van der Waals surface area contributed by atoms with Crippen molar-refractivity contribution in [1.82, 2.24) is 10.3 Å². The van der Waals surface area contributed by atoms with Gasteiger partial charge in [0.05, 0.1) is 12.6 Å². The number of rotatable bonds is 8. The van der Waals surface area contributed by atoms with E-state index < -0.39 is 24.0 Å². The summed E-state index contributed by atoms with van der Waals surface area (Å²) in [5.74, 6) is -1.52. The average Bonchev–Trinajstić information content (AvgIpc) is 3.39. The van der Waals surface area contributed by atoms with E-state index in [1.165, 1.54) is 6.20 Å². The zero-order valence-electron chi connectivity index (χ0n) is 18.8. The Kier molecular flexibility index (Phi) is 6.93. The molecule has 4 rings (SSSR count). The fourth-order valence-corrected chi connectivity index (χ4v) is 4.74. The number of nitrogens with one attached hydrogen (secondary N) is 2. The first-order valence-electron chi connectivity index (χ1n) is 10.9. The topological polar surface area (TPSA) is 118 Å². The molecule has 0 unspecified atom stereocenters. The normalized spacial score (nSPS) is 13.1. The number of amides is 2. The van der Waals surface area contributed by atoms with Crippen molar-refractivity contribution in [3.8, 4) is 11.1 Å². The van der Waals surface area contributed by atoms with E-state index in [4.69, 9.17) is 9.84 Å². The van der Waals surface area contributed by atoms with Crippen molar-refractivity contribution >= 4 is 34.4 Å². The summed E-state index contributed by atoms with van der Waals surface area (Å²) >= 11 is 0.995. The molecular weight excluding hydrogens is 454 g/mol. The Labute approximate surface area is 201 Å². The number of aliphatic carboxylic acids is 1. The third-order valence-electron chi connectivity index (χ3n) is 5.80. The molecule has 3 N–H and O–H groups in total. The number of carbonyl (C=O) groups excluding carboxylic acids is 2. The highest BCUT2D eigenvalue weighted by atomic mass is 32.1. The van der Waals surface area contributed by atoms with Crippen LogP contribution in [0.25, 0.3) is 11.1 Å². The Balaban J connectivity index is 1.36. The first-order chi connectivity index (χ1) is 16.3. The van der Waals surface area contributed by atoms with Crippen LogP contribution in [0.2, 0.25) is 0 Å². The predicted molar refractivity (Wildman–Crippen MR) is 129 cm³/mol. The molecule has 1 aromatic heterocycles. The van der Waals surface area contributed by atoms with Crippen LogP contribution in [0.4, 0.5) is 9.93 Å². The molecule has 0 bridgehead atoms. The molecular formula is C25H25N3O5S. The van der Waals surface area contributed by atoms with Crippen molar-refractivity contribution < 1.29 is 24.2 Å². The Morgan fingerprint density at radius 3 is 2.26 bits per heavy atom. The number of fused-ring (bicyclic) bond motifs is 3. The number of hydrogen-bond acceptors (Lipinski definition) is 6. The van der Waals surface area contributed by atoms with E-state index in [9.17, 15) is 14.4 Å². The van der Waals surface area contributed by atoms with Gasteiger partial charge in [-0.2, -0.15) is 0 Å². The summed E-state index contributed by atoms with van der Waals surface area (Å²) in [6.07, 6.45) is 0.513. The lowest BCUT2D eigenvalue weighted by Gasteiger charge is -2.19. The number of aromatic nitrogens is 1. The van der Waals surface area contributed by atoms with Crippen molar-refractivity contribution in [2.75, 3.05) is 11.9 Å². The van der Waals surface area contributed by atoms with Crippen LogP contribution in [0, 0.1) is 5.92 Å². The smallest absolute Gasteiger partial charge is 0.413 e. The molecule has 1 atom stereocenters. The Hall–Kier alpha value is -3.72. The number of hydrogen-bond donors (Lipinski definition) is 3. The van der Waals surface area contributed by atoms with Gasteiger partial charge in [-0.15, -0.1) is 0 Å². The summed E-state index contributed by atoms with van der Waals surface area (Å²) in [7, 11) is 0. The highest BCUT2D eigenvalue weighted by Crippen LogP contribution is 2.44. The van der Waals surface area contributed by atoms with Crippen LogP contribution < -0.4 is 10.6 Å². The van der Waals surface area contributed by atoms with Gasteiger partial charge in [0.1, 0.15) is 11.5 Å². The number of nitrogens with zero attached hydrogens (tertiary/aromatic N) is 1. The maximum atomic E-state index is 12.5. The van der Waals surface area contributed by atoms with Crippen molar-refractivity contribution in [3.63, 3.8) is 0 Å². The number of benzene rings is 2. The first kappa shape index (κ1) is 23.4. The summed E-state index contributed by atoms with van der Waals surface area (Å²) in [5.41, 5.74) is 4.52. The van der Waals surface area contributed by atoms with E-state index in [2.05, 4.69) is 27.8 Å². The minimum atomic E-state index is -0.985. The van der Waals surface area contributed by atoms with Crippen LogP contribution in [-0.2, 0) is 9.53 Å². The number of anilines is 1. The van der Waals surface area contributed by atoms with Gasteiger partial charge in [0.15, 0.2) is 5.13 Å². The molecule has 176 valence electrons. The summed E-state index contributed by atoms with van der Waals surface area (Å²) in [6.45, 7) is 3.85. The van der Waals surface area contributed by atoms with E-state index in [0.717, 1.165) is 33.6 Å². The minimum absolute atomic E-state index is 0.0496. The lowest BCUT2D eigenvalue weighted by Crippen LogP contribution is -2.39. The van der Waals surface area contributed by atoms with E-state index in [1.807, 2.05) is 50.2 Å². The van der Waals surface area contributed by atoms with Crippen LogP contribution in [-0.4, -0.2) is 40.7 Å². The Morgan fingerprint density at radius 1 is 1.06 bits per heavy atom.